The molecular formula is C17H19Cl2N3. The molecule has 0 spiro atoms. The molecule has 2 saturated heterocycles. The highest BCUT2D eigenvalue weighted by Gasteiger charge is 2.43. The summed E-state index contributed by atoms with van der Waals surface area (Å²) in [5.74, 6) is 0. The number of hydrogen-bond donors (Lipinski definition) is 0. The molecule has 2 aliphatic heterocycles. The molecule has 22 heavy (non-hydrogen) atoms. The highest BCUT2D eigenvalue weighted by molar-refractivity contribution is 6.30. The fourth-order valence-electron chi connectivity index (χ4n) is 3.75. The summed E-state index contributed by atoms with van der Waals surface area (Å²) in [7, 11) is 0. The third kappa shape index (κ3) is 2.73. The quantitative estimate of drug-likeness (QED) is 0.831. The molecule has 2 aromatic rings. The molecule has 116 valence electrons. The predicted molar refractivity (Wildman–Crippen MR) is 91.7 cm³/mol. The Labute approximate surface area is 142 Å². The van der Waals surface area contributed by atoms with Crippen LogP contribution >= 0.6 is 24.0 Å². The molecule has 3 nitrogen and oxygen atoms in total. The zero-order chi connectivity index (χ0) is 14.3. The second kappa shape index (κ2) is 6.15. The molecular weight excluding hydrogens is 317 g/mol. The Hall–Kier alpha value is -1.16. The van der Waals surface area contributed by atoms with Crippen LogP contribution in [0.2, 0.25) is 5.02 Å². The van der Waals surface area contributed by atoms with Gasteiger partial charge >= 0.3 is 0 Å². The molecule has 0 amide bonds. The Balaban J connectivity index is 0.00000144. The van der Waals surface area contributed by atoms with Crippen molar-refractivity contribution >= 4 is 24.0 Å². The molecule has 0 N–H and O–H groups in total. The first-order valence-electron chi connectivity index (χ1n) is 7.58. The summed E-state index contributed by atoms with van der Waals surface area (Å²) in [4.78, 5) is 2.55. The average molecular weight is 336 g/mol. The van der Waals surface area contributed by atoms with Gasteiger partial charge in [0.1, 0.15) is 0 Å². The minimum atomic E-state index is 0. The van der Waals surface area contributed by atoms with Crippen LogP contribution in [0.25, 0.3) is 11.3 Å². The lowest BCUT2D eigenvalue weighted by Crippen LogP contribution is -2.37. The van der Waals surface area contributed by atoms with Gasteiger partial charge in [0, 0.05) is 22.5 Å². The lowest BCUT2D eigenvalue weighted by Gasteiger charge is -2.33. The van der Waals surface area contributed by atoms with Crippen LogP contribution in [-0.4, -0.2) is 34.7 Å². The van der Waals surface area contributed by atoms with Gasteiger partial charge in [-0.25, -0.2) is 0 Å². The Kier molecular flexibility index (Phi) is 4.40. The van der Waals surface area contributed by atoms with Gasteiger partial charge in [0.2, 0.25) is 0 Å². The number of aromatic nitrogens is 2. The van der Waals surface area contributed by atoms with Crippen molar-refractivity contribution in [2.45, 2.75) is 24.7 Å². The van der Waals surface area contributed by atoms with E-state index in [-0.39, 0.29) is 17.8 Å². The third-order valence-electron chi connectivity index (χ3n) is 4.89. The minimum Gasteiger partial charge on any atom is -0.302 e. The molecule has 2 fully saturated rings. The van der Waals surface area contributed by atoms with Gasteiger partial charge in [-0.05, 0) is 56.6 Å². The Morgan fingerprint density at radius 2 is 1.95 bits per heavy atom. The predicted octanol–water partition coefficient (Wildman–Crippen LogP) is 3.96. The monoisotopic (exact) mass is 335 g/mol. The lowest BCUT2D eigenvalue weighted by atomic mass is 9.78. The van der Waals surface area contributed by atoms with Gasteiger partial charge < -0.3 is 4.90 Å². The van der Waals surface area contributed by atoms with Gasteiger partial charge in [0.05, 0.1) is 11.4 Å². The van der Waals surface area contributed by atoms with Crippen molar-refractivity contribution in [1.82, 2.24) is 15.1 Å². The summed E-state index contributed by atoms with van der Waals surface area (Å²) in [5.41, 5.74) is 3.33. The van der Waals surface area contributed by atoms with Crippen LogP contribution in [0.3, 0.4) is 0 Å². The van der Waals surface area contributed by atoms with Crippen LogP contribution in [0.5, 0.6) is 0 Å². The molecule has 0 aliphatic carbocycles. The molecule has 0 saturated carbocycles. The van der Waals surface area contributed by atoms with Crippen molar-refractivity contribution in [2.24, 2.45) is 0 Å². The molecule has 1 aromatic heterocycles. The van der Waals surface area contributed by atoms with Crippen LogP contribution < -0.4 is 0 Å². The van der Waals surface area contributed by atoms with Gasteiger partial charge in [0.25, 0.3) is 0 Å². The van der Waals surface area contributed by atoms with Crippen molar-refractivity contribution in [2.75, 3.05) is 19.6 Å². The number of piperidine rings is 1. The summed E-state index contributed by atoms with van der Waals surface area (Å²) in [5, 5.41) is 9.74. The number of halogens is 2. The first kappa shape index (κ1) is 15.7. The van der Waals surface area contributed by atoms with Gasteiger partial charge in [-0.3, -0.25) is 0 Å². The smallest absolute Gasteiger partial charge is 0.0930 e. The van der Waals surface area contributed by atoms with Gasteiger partial charge in [-0.15, -0.1) is 12.4 Å². The second-order valence-electron chi connectivity index (χ2n) is 6.22. The van der Waals surface area contributed by atoms with Crippen molar-refractivity contribution in [1.29, 1.82) is 0 Å². The molecule has 2 bridgehead atoms. The first-order valence-corrected chi connectivity index (χ1v) is 7.96. The third-order valence-corrected chi connectivity index (χ3v) is 5.13. The van der Waals surface area contributed by atoms with E-state index in [2.05, 4.69) is 27.2 Å². The minimum absolute atomic E-state index is 0. The lowest BCUT2D eigenvalue weighted by molar-refractivity contribution is 0.239. The van der Waals surface area contributed by atoms with E-state index in [9.17, 15) is 0 Å². The summed E-state index contributed by atoms with van der Waals surface area (Å²) in [6.07, 6.45) is 3.74. The van der Waals surface area contributed by atoms with Crippen molar-refractivity contribution in [3.63, 3.8) is 0 Å². The largest absolute Gasteiger partial charge is 0.302 e. The highest BCUT2D eigenvalue weighted by atomic mass is 35.5. The zero-order valence-electron chi connectivity index (χ0n) is 12.3. The Morgan fingerprint density at radius 1 is 1.05 bits per heavy atom. The standard InChI is InChI=1S/C17H18ClN3.ClH/c18-14-4-1-3-13(11-14)15-5-6-16(20-19-15)17-7-2-9-21(12-17)10-8-17;/h1,3-6,11H,2,7-10,12H2;1H. The van der Waals surface area contributed by atoms with Crippen LogP contribution in [0, 0.1) is 0 Å². The van der Waals surface area contributed by atoms with Gasteiger partial charge in [0.15, 0.2) is 0 Å². The molecule has 2 aliphatic rings. The fraction of sp³-hybridized carbons (Fsp3) is 0.412. The van der Waals surface area contributed by atoms with E-state index in [0.717, 1.165) is 28.5 Å². The summed E-state index contributed by atoms with van der Waals surface area (Å²) in [6.45, 7) is 3.60. The van der Waals surface area contributed by atoms with Crippen LogP contribution in [-0.2, 0) is 5.41 Å². The Bertz CT molecular complexity index is 655. The molecule has 3 heterocycles. The maximum absolute atomic E-state index is 6.04. The Morgan fingerprint density at radius 3 is 2.73 bits per heavy atom. The second-order valence-corrected chi connectivity index (χ2v) is 6.66. The topological polar surface area (TPSA) is 29.0 Å². The summed E-state index contributed by atoms with van der Waals surface area (Å²) in [6, 6.07) is 12.0. The van der Waals surface area contributed by atoms with Gasteiger partial charge in [-0.2, -0.15) is 10.2 Å². The van der Waals surface area contributed by atoms with Crippen molar-refractivity contribution < 1.29 is 0 Å². The van der Waals surface area contributed by atoms with E-state index in [1.807, 2.05) is 24.3 Å². The van der Waals surface area contributed by atoms with E-state index in [1.54, 1.807) is 0 Å². The van der Waals surface area contributed by atoms with Crippen molar-refractivity contribution in [3.8, 4) is 11.3 Å². The SMILES string of the molecule is Cl.Clc1cccc(-c2ccc(C34CCCN(CC3)C4)nn2)c1. The van der Waals surface area contributed by atoms with E-state index in [4.69, 9.17) is 11.6 Å². The maximum atomic E-state index is 6.04. The summed E-state index contributed by atoms with van der Waals surface area (Å²) >= 11 is 6.04. The molecule has 0 radical (unpaired) electrons. The van der Waals surface area contributed by atoms with Crippen LogP contribution in [0.1, 0.15) is 25.0 Å². The number of hydrogen-bond acceptors (Lipinski definition) is 3. The molecule has 4 rings (SSSR count). The van der Waals surface area contributed by atoms with E-state index in [0.29, 0.717) is 0 Å². The maximum Gasteiger partial charge on any atom is 0.0930 e. The average Bonchev–Trinajstić information content (AvgIpc) is 2.83. The van der Waals surface area contributed by atoms with Crippen molar-refractivity contribution in [3.05, 3.63) is 47.1 Å². The van der Waals surface area contributed by atoms with Crippen LogP contribution in [0.15, 0.2) is 36.4 Å². The number of nitrogens with zero attached hydrogens (tertiary/aromatic N) is 3. The molecule has 2 atom stereocenters. The normalized spacial score (nSPS) is 26.5. The number of rotatable bonds is 2. The highest BCUT2D eigenvalue weighted by Crippen LogP contribution is 2.41. The van der Waals surface area contributed by atoms with E-state index in [1.165, 1.54) is 32.4 Å². The fourth-order valence-corrected chi connectivity index (χ4v) is 3.94. The zero-order valence-corrected chi connectivity index (χ0v) is 13.9. The number of fused-ring (bicyclic) bond motifs is 2. The first-order chi connectivity index (χ1) is 10.3. The van der Waals surface area contributed by atoms with E-state index >= 15 is 0 Å². The number of benzene rings is 1. The molecule has 5 heteroatoms. The molecule has 2 unspecified atom stereocenters. The van der Waals surface area contributed by atoms with Gasteiger partial charge in [-0.1, -0.05) is 23.7 Å². The summed E-state index contributed by atoms with van der Waals surface area (Å²) < 4.78 is 0. The van der Waals surface area contributed by atoms with Crippen LogP contribution in [0.4, 0.5) is 0 Å². The molecule has 1 aromatic carbocycles. The van der Waals surface area contributed by atoms with E-state index < -0.39 is 0 Å².